The van der Waals surface area contributed by atoms with Crippen LogP contribution in [0.1, 0.15) is 17.2 Å². The number of pyridine rings is 1. The highest BCUT2D eigenvalue weighted by Gasteiger charge is 2.26. The predicted octanol–water partition coefficient (Wildman–Crippen LogP) is 4.09. The summed E-state index contributed by atoms with van der Waals surface area (Å²) in [6.45, 7) is 0. The Kier molecular flexibility index (Phi) is 5.85. The number of amides is 1. The van der Waals surface area contributed by atoms with Crippen molar-refractivity contribution < 1.29 is 14.6 Å². The number of hydrogen-bond donors (Lipinski definition) is 4. The normalized spacial score (nSPS) is 11.8. The first-order chi connectivity index (χ1) is 15.0. The van der Waals surface area contributed by atoms with Crippen LogP contribution in [-0.2, 0) is 4.74 Å². The van der Waals surface area contributed by atoms with Gasteiger partial charge in [-0.2, -0.15) is 0 Å². The summed E-state index contributed by atoms with van der Waals surface area (Å²) in [4.78, 5) is 19.9. The van der Waals surface area contributed by atoms with Crippen LogP contribution in [0.5, 0.6) is 0 Å². The van der Waals surface area contributed by atoms with E-state index in [0.29, 0.717) is 48.8 Å². The minimum atomic E-state index is -1.02. The number of halogens is 1. The molecule has 1 atom stereocenters. The highest BCUT2D eigenvalue weighted by atomic mass is 35.5. The molecular weight excluding hydrogens is 440 g/mol. The standard InChI is InChI=1S/C20H17ClN6O3S/c1-30-20(29)26-13-8-11(6-7-23-13)17-15(22)14(18(31-17)19-24-9-25-27-19)16(28)10-2-4-12(21)5-3-10/h2-9,16,28H,22H2,1H3,(H,23,26,29)(H,24,25,27). The number of nitrogens with two attached hydrogens (primary N) is 1. The van der Waals surface area contributed by atoms with Crippen molar-refractivity contribution in [2.45, 2.75) is 6.10 Å². The zero-order valence-corrected chi connectivity index (χ0v) is 17.7. The lowest BCUT2D eigenvalue weighted by Crippen LogP contribution is -2.11. The third-order valence-corrected chi connectivity index (χ3v) is 6.04. The molecule has 4 aromatic rings. The number of aromatic nitrogens is 4. The van der Waals surface area contributed by atoms with Crippen molar-refractivity contribution in [1.29, 1.82) is 0 Å². The summed E-state index contributed by atoms with van der Waals surface area (Å²) in [5, 5.41) is 22.2. The fourth-order valence-corrected chi connectivity index (χ4v) is 4.37. The number of nitrogen functional groups attached to an aromatic ring is 1. The van der Waals surface area contributed by atoms with E-state index in [-0.39, 0.29) is 0 Å². The second-order valence-corrected chi connectivity index (χ2v) is 7.88. The lowest BCUT2D eigenvalue weighted by molar-refractivity contribution is 0.187. The number of nitrogens with one attached hydrogen (secondary N) is 2. The SMILES string of the molecule is COC(=O)Nc1cc(-c2sc(-c3nnc[nH]3)c(C(O)c3ccc(Cl)cc3)c2N)ccn1. The maximum Gasteiger partial charge on any atom is 0.412 e. The van der Waals surface area contributed by atoms with Crippen LogP contribution in [0.25, 0.3) is 21.1 Å². The van der Waals surface area contributed by atoms with Gasteiger partial charge in [-0.1, -0.05) is 23.7 Å². The molecular formula is C20H17ClN6O3S. The Labute approximate surface area is 185 Å². The number of carbonyl (C=O) groups is 1. The predicted molar refractivity (Wildman–Crippen MR) is 119 cm³/mol. The van der Waals surface area contributed by atoms with E-state index in [2.05, 4.69) is 30.2 Å². The fourth-order valence-electron chi connectivity index (χ4n) is 3.04. The van der Waals surface area contributed by atoms with E-state index in [1.54, 1.807) is 42.6 Å². The highest BCUT2D eigenvalue weighted by molar-refractivity contribution is 7.19. The molecule has 9 nitrogen and oxygen atoms in total. The van der Waals surface area contributed by atoms with Crippen LogP contribution in [0, 0.1) is 0 Å². The molecule has 3 heterocycles. The van der Waals surface area contributed by atoms with Crippen molar-refractivity contribution in [2.75, 3.05) is 18.2 Å². The van der Waals surface area contributed by atoms with E-state index in [1.165, 1.54) is 24.8 Å². The van der Waals surface area contributed by atoms with Crippen LogP contribution in [-0.4, -0.2) is 38.5 Å². The zero-order valence-electron chi connectivity index (χ0n) is 16.2. The number of benzene rings is 1. The molecule has 1 aromatic carbocycles. The van der Waals surface area contributed by atoms with Crippen molar-refractivity contribution in [2.24, 2.45) is 0 Å². The van der Waals surface area contributed by atoms with Crippen LogP contribution in [0.2, 0.25) is 5.02 Å². The first kappa shape index (κ1) is 20.8. The molecule has 0 aliphatic rings. The lowest BCUT2D eigenvalue weighted by Gasteiger charge is -2.13. The van der Waals surface area contributed by atoms with Gasteiger partial charge in [0.05, 0.1) is 22.6 Å². The molecule has 0 saturated heterocycles. The first-order valence-corrected chi connectivity index (χ1v) is 10.2. The molecule has 0 aliphatic carbocycles. The molecule has 3 aromatic heterocycles. The minimum Gasteiger partial charge on any atom is -0.453 e. The number of methoxy groups -OCH3 is 1. The Morgan fingerprint density at radius 2 is 2.06 bits per heavy atom. The third kappa shape index (κ3) is 4.22. The number of hydrogen-bond acceptors (Lipinski definition) is 8. The van der Waals surface area contributed by atoms with Gasteiger partial charge in [-0.3, -0.25) is 5.32 Å². The van der Waals surface area contributed by atoms with Crippen LogP contribution >= 0.6 is 22.9 Å². The molecule has 11 heteroatoms. The van der Waals surface area contributed by atoms with Gasteiger partial charge < -0.3 is 20.6 Å². The summed E-state index contributed by atoms with van der Waals surface area (Å²) in [6.07, 6.45) is 1.35. The smallest absolute Gasteiger partial charge is 0.412 e. The number of carbonyl (C=O) groups excluding carboxylic acids is 1. The van der Waals surface area contributed by atoms with E-state index in [9.17, 15) is 9.90 Å². The second-order valence-electron chi connectivity index (χ2n) is 6.43. The summed E-state index contributed by atoms with van der Waals surface area (Å²) < 4.78 is 4.61. The summed E-state index contributed by atoms with van der Waals surface area (Å²) in [5.74, 6) is 0.783. The van der Waals surface area contributed by atoms with Crippen molar-refractivity contribution >= 4 is 40.5 Å². The summed E-state index contributed by atoms with van der Waals surface area (Å²) in [7, 11) is 1.27. The number of rotatable bonds is 5. The first-order valence-electron chi connectivity index (χ1n) is 9.01. The topological polar surface area (TPSA) is 139 Å². The van der Waals surface area contributed by atoms with Gasteiger partial charge in [0.15, 0.2) is 5.82 Å². The van der Waals surface area contributed by atoms with Crippen LogP contribution in [0.4, 0.5) is 16.3 Å². The molecule has 0 fully saturated rings. The number of thiophene rings is 1. The summed E-state index contributed by atoms with van der Waals surface area (Å²) in [5.41, 5.74) is 8.74. The molecule has 31 heavy (non-hydrogen) atoms. The molecule has 158 valence electrons. The number of aromatic amines is 1. The quantitative estimate of drug-likeness (QED) is 0.354. The monoisotopic (exact) mass is 456 g/mol. The maximum absolute atomic E-state index is 11.5. The van der Waals surface area contributed by atoms with Gasteiger partial charge in [0.2, 0.25) is 0 Å². The Balaban J connectivity index is 1.82. The number of aliphatic hydroxyl groups excluding tert-OH is 1. The highest BCUT2D eigenvalue weighted by Crippen LogP contribution is 2.47. The van der Waals surface area contributed by atoms with Gasteiger partial charge in [-0.25, -0.2) is 9.78 Å². The van der Waals surface area contributed by atoms with Gasteiger partial charge in [0.1, 0.15) is 18.2 Å². The third-order valence-electron chi connectivity index (χ3n) is 4.51. The molecule has 0 radical (unpaired) electrons. The minimum absolute atomic E-state index is 0.304. The number of H-pyrrole nitrogens is 1. The van der Waals surface area contributed by atoms with Crippen molar-refractivity contribution in [3.8, 4) is 21.1 Å². The molecule has 0 spiro atoms. The number of anilines is 2. The van der Waals surface area contributed by atoms with Gasteiger partial charge >= 0.3 is 6.09 Å². The van der Waals surface area contributed by atoms with Gasteiger partial charge in [-0.05, 0) is 35.4 Å². The Morgan fingerprint density at radius 3 is 2.74 bits per heavy atom. The molecule has 5 N–H and O–H groups in total. The van der Waals surface area contributed by atoms with Gasteiger partial charge in [-0.15, -0.1) is 21.5 Å². The number of ether oxygens (including phenoxy) is 1. The molecule has 1 amide bonds. The van der Waals surface area contributed by atoms with Gasteiger partial charge in [0, 0.05) is 16.8 Å². The molecule has 4 rings (SSSR count). The molecule has 0 aliphatic heterocycles. The molecule has 0 saturated carbocycles. The van der Waals surface area contributed by atoms with E-state index in [4.69, 9.17) is 17.3 Å². The van der Waals surface area contributed by atoms with Crippen molar-refractivity contribution in [3.63, 3.8) is 0 Å². The van der Waals surface area contributed by atoms with Crippen LogP contribution < -0.4 is 11.1 Å². The number of nitrogens with zero attached hydrogens (tertiary/aromatic N) is 3. The lowest BCUT2D eigenvalue weighted by atomic mass is 9.99. The van der Waals surface area contributed by atoms with E-state index in [1.807, 2.05) is 0 Å². The Morgan fingerprint density at radius 1 is 1.29 bits per heavy atom. The Hall–Kier alpha value is -3.47. The average Bonchev–Trinajstić information content (AvgIpc) is 3.42. The second kappa shape index (κ2) is 8.72. The fraction of sp³-hybridized carbons (Fsp3) is 0.100. The zero-order chi connectivity index (χ0) is 22.0. The van der Waals surface area contributed by atoms with E-state index in [0.717, 1.165) is 0 Å². The summed E-state index contributed by atoms with van der Waals surface area (Å²) >= 11 is 7.32. The Bertz CT molecular complexity index is 1210. The van der Waals surface area contributed by atoms with Gasteiger partial charge in [0.25, 0.3) is 0 Å². The van der Waals surface area contributed by atoms with Crippen LogP contribution in [0.15, 0.2) is 48.9 Å². The molecule has 1 unspecified atom stereocenters. The number of aliphatic hydroxyl groups is 1. The summed E-state index contributed by atoms with van der Waals surface area (Å²) in [6, 6.07) is 10.3. The average molecular weight is 457 g/mol. The van der Waals surface area contributed by atoms with Crippen molar-refractivity contribution in [1.82, 2.24) is 20.2 Å². The largest absolute Gasteiger partial charge is 0.453 e. The molecule has 0 bridgehead atoms. The van der Waals surface area contributed by atoms with E-state index >= 15 is 0 Å². The van der Waals surface area contributed by atoms with Crippen LogP contribution in [0.3, 0.4) is 0 Å². The van der Waals surface area contributed by atoms with E-state index < -0.39 is 12.2 Å². The van der Waals surface area contributed by atoms with Crippen molar-refractivity contribution in [3.05, 3.63) is 65.1 Å². The maximum atomic E-state index is 11.5.